The average Bonchev–Trinajstić information content (AvgIpc) is 2.64. The Balaban J connectivity index is 2.70. The summed E-state index contributed by atoms with van der Waals surface area (Å²) in [6, 6.07) is 1.41. The van der Waals surface area contributed by atoms with Crippen LogP contribution in [0.5, 0.6) is 0 Å². The van der Waals surface area contributed by atoms with Gasteiger partial charge in [-0.1, -0.05) is 20.8 Å². The third-order valence-corrected chi connectivity index (χ3v) is 4.35. The summed E-state index contributed by atoms with van der Waals surface area (Å²) in [6.07, 6.45) is 0.922. The monoisotopic (exact) mass is 324 g/mol. The number of fused-ring (bicyclic) bond motifs is 1. The fourth-order valence-corrected chi connectivity index (χ4v) is 2.54. The topological polar surface area (TPSA) is 51.4 Å². The molecule has 0 unspecified atom stereocenters. The van der Waals surface area contributed by atoms with Crippen molar-refractivity contribution in [1.29, 1.82) is 0 Å². The molecule has 0 aliphatic carbocycles. The molecule has 21 heavy (non-hydrogen) atoms. The first-order chi connectivity index (χ1) is 9.35. The molecule has 2 heterocycles. The Bertz CT molecular complexity index is 801. The SMILES string of the molecule is CC(C)(C)c1nc2cc(S(=O)(=O)C(F)(F)F)ccn2c1F. The fraction of sp³-hybridized carbons (Fsp3) is 0.417. The van der Waals surface area contributed by atoms with Gasteiger partial charge in [-0.25, -0.2) is 13.4 Å². The third kappa shape index (κ3) is 2.50. The van der Waals surface area contributed by atoms with Crippen LogP contribution in [-0.2, 0) is 15.3 Å². The van der Waals surface area contributed by atoms with Crippen molar-refractivity contribution in [2.24, 2.45) is 0 Å². The van der Waals surface area contributed by atoms with Crippen LogP contribution in [-0.4, -0.2) is 23.3 Å². The second-order valence-corrected chi connectivity index (χ2v) is 7.48. The number of imidazole rings is 1. The second kappa shape index (κ2) is 4.43. The van der Waals surface area contributed by atoms with Crippen LogP contribution in [0.25, 0.3) is 5.65 Å². The van der Waals surface area contributed by atoms with E-state index in [2.05, 4.69) is 4.98 Å². The summed E-state index contributed by atoms with van der Waals surface area (Å²) in [7, 11) is -5.48. The Morgan fingerprint density at radius 3 is 2.24 bits per heavy atom. The highest BCUT2D eigenvalue weighted by molar-refractivity contribution is 7.92. The molecule has 0 aromatic carbocycles. The summed E-state index contributed by atoms with van der Waals surface area (Å²) >= 11 is 0. The lowest BCUT2D eigenvalue weighted by molar-refractivity contribution is -0.0435. The van der Waals surface area contributed by atoms with E-state index in [-0.39, 0.29) is 11.3 Å². The van der Waals surface area contributed by atoms with Crippen LogP contribution in [0, 0.1) is 5.95 Å². The second-order valence-electron chi connectivity index (χ2n) is 5.54. The number of nitrogens with zero attached hydrogens (tertiary/aromatic N) is 2. The van der Waals surface area contributed by atoms with Gasteiger partial charge in [0.2, 0.25) is 5.95 Å². The molecule has 0 fully saturated rings. The summed E-state index contributed by atoms with van der Waals surface area (Å²) < 4.78 is 75.2. The maximum Gasteiger partial charge on any atom is 0.501 e. The standard InChI is InChI=1S/C12H12F4N2O2S/c1-11(2,3)9-10(13)18-5-4-7(6-8(18)17-9)21(19,20)12(14,15)16/h4-6H,1-3H3. The minimum atomic E-state index is -5.48. The molecule has 116 valence electrons. The molecule has 0 spiro atoms. The number of sulfone groups is 1. The molecular formula is C12H12F4N2O2S. The van der Waals surface area contributed by atoms with E-state index in [0.717, 1.165) is 10.6 Å². The van der Waals surface area contributed by atoms with Gasteiger partial charge in [-0.15, -0.1) is 0 Å². The van der Waals surface area contributed by atoms with E-state index in [1.807, 2.05) is 0 Å². The summed E-state index contributed by atoms with van der Waals surface area (Å²) in [4.78, 5) is 2.93. The van der Waals surface area contributed by atoms with E-state index in [1.54, 1.807) is 20.8 Å². The summed E-state index contributed by atoms with van der Waals surface area (Å²) in [5, 5.41) is 0. The van der Waals surface area contributed by atoms with Gasteiger partial charge >= 0.3 is 5.51 Å². The molecule has 0 saturated carbocycles. The maximum atomic E-state index is 14.1. The van der Waals surface area contributed by atoms with Crippen LogP contribution in [0.2, 0.25) is 0 Å². The predicted octanol–water partition coefficient (Wildman–Crippen LogP) is 3.06. The van der Waals surface area contributed by atoms with Gasteiger partial charge in [0.15, 0.2) is 0 Å². The summed E-state index contributed by atoms with van der Waals surface area (Å²) in [6.45, 7) is 5.06. The van der Waals surface area contributed by atoms with Gasteiger partial charge in [0.05, 0.1) is 4.90 Å². The molecule has 2 rings (SSSR count). The first-order valence-electron chi connectivity index (χ1n) is 5.85. The molecule has 0 amide bonds. The van der Waals surface area contributed by atoms with Crippen LogP contribution in [0.15, 0.2) is 23.2 Å². The Labute approximate surface area is 118 Å². The molecule has 4 nitrogen and oxygen atoms in total. The van der Waals surface area contributed by atoms with Gasteiger partial charge < -0.3 is 0 Å². The highest BCUT2D eigenvalue weighted by Gasteiger charge is 2.47. The lowest BCUT2D eigenvalue weighted by Gasteiger charge is -2.14. The van der Waals surface area contributed by atoms with Crippen molar-refractivity contribution in [3.63, 3.8) is 0 Å². The summed E-state index contributed by atoms with van der Waals surface area (Å²) in [5.41, 5.74) is -6.23. The van der Waals surface area contributed by atoms with Crippen molar-refractivity contribution in [3.05, 3.63) is 30.0 Å². The molecule has 0 aliphatic rings. The number of hydrogen-bond acceptors (Lipinski definition) is 3. The molecule has 2 aromatic heterocycles. The Morgan fingerprint density at radius 2 is 1.76 bits per heavy atom. The zero-order chi connectivity index (χ0) is 16.2. The normalized spacial score (nSPS) is 13.9. The number of hydrogen-bond donors (Lipinski definition) is 0. The molecule has 9 heteroatoms. The Hall–Kier alpha value is -1.64. The quantitative estimate of drug-likeness (QED) is 0.758. The van der Waals surface area contributed by atoms with E-state index >= 15 is 0 Å². The number of pyridine rings is 1. The average molecular weight is 324 g/mol. The molecule has 0 bridgehead atoms. The van der Waals surface area contributed by atoms with E-state index < -0.39 is 31.6 Å². The zero-order valence-electron chi connectivity index (χ0n) is 11.4. The van der Waals surface area contributed by atoms with Crippen molar-refractivity contribution < 1.29 is 26.0 Å². The largest absolute Gasteiger partial charge is 0.501 e. The molecule has 2 aromatic rings. The van der Waals surface area contributed by atoms with Crippen LogP contribution < -0.4 is 0 Å². The van der Waals surface area contributed by atoms with E-state index in [1.165, 1.54) is 0 Å². The van der Waals surface area contributed by atoms with Crippen molar-refractivity contribution in [2.45, 2.75) is 36.6 Å². The van der Waals surface area contributed by atoms with Gasteiger partial charge in [-0.05, 0) is 6.07 Å². The van der Waals surface area contributed by atoms with Gasteiger partial charge in [0, 0.05) is 17.7 Å². The van der Waals surface area contributed by atoms with Crippen LogP contribution in [0.3, 0.4) is 0 Å². The first kappa shape index (κ1) is 15.7. The molecule has 0 aliphatic heterocycles. The Kier molecular flexibility index (Phi) is 3.32. The molecule has 0 N–H and O–H groups in total. The van der Waals surface area contributed by atoms with Gasteiger partial charge in [-0.3, -0.25) is 4.40 Å². The molecule has 0 atom stereocenters. The zero-order valence-corrected chi connectivity index (χ0v) is 12.2. The number of alkyl halides is 3. The lowest BCUT2D eigenvalue weighted by atomic mass is 9.93. The van der Waals surface area contributed by atoms with Gasteiger partial charge in [0.25, 0.3) is 9.84 Å². The first-order valence-corrected chi connectivity index (χ1v) is 7.33. The van der Waals surface area contributed by atoms with E-state index in [4.69, 9.17) is 0 Å². The summed E-state index contributed by atoms with van der Waals surface area (Å²) in [5.74, 6) is -0.728. The maximum absolute atomic E-state index is 14.1. The van der Waals surface area contributed by atoms with Crippen molar-refractivity contribution >= 4 is 15.5 Å². The highest BCUT2D eigenvalue weighted by Crippen LogP contribution is 2.31. The van der Waals surface area contributed by atoms with Crippen LogP contribution >= 0.6 is 0 Å². The number of halogens is 4. The van der Waals surface area contributed by atoms with E-state index in [9.17, 15) is 26.0 Å². The van der Waals surface area contributed by atoms with Crippen LogP contribution in [0.4, 0.5) is 17.6 Å². The van der Waals surface area contributed by atoms with Gasteiger partial charge in [-0.2, -0.15) is 17.6 Å². The van der Waals surface area contributed by atoms with Crippen molar-refractivity contribution in [2.75, 3.05) is 0 Å². The van der Waals surface area contributed by atoms with E-state index in [0.29, 0.717) is 12.1 Å². The smallest absolute Gasteiger partial charge is 0.276 e. The minimum absolute atomic E-state index is 0.0454. The third-order valence-electron chi connectivity index (χ3n) is 2.86. The predicted molar refractivity (Wildman–Crippen MR) is 67.1 cm³/mol. The van der Waals surface area contributed by atoms with Crippen molar-refractivity contribution in [3.8, 4) is 0 Å². The lowest BCUT2D eigenvalue weighted by Crippen LogP contribution is -2.23. The Morgan fingerprint density at radius 1 is 1.19 bits per heavy atom. The van der Waals surface area contributed by atoms with Crippen molar-refractivity contribution in [1.82, 2.24) is 9.38 Å². The molecule has 0 saturated heterocycles. The fourth-order valence-electron chi connectivity index (χ4n) is 1.77. The molecule has 0 radical (unpaired) electrons. The highest BCUT2D eigenvalue weighted by atomic mass is 32.2. The van der Waals surface area contributed by atoms with Crippen LogP contribution in [0.1, 0.15) is 26.5 Å². The molecular weight excluding hydrogens is 312 g/mol. The number of aromatic nitrogens is 2. The minimum Gasteiger partial charge on any atom is -0.276 e. The number of rotatable bonds is 1. The van der Waals surface area contributed by atoms with Gasteiger partial charge in [0.1, 0.15) is 11.3 Å².